The molecular formula is C13H17NOS. The molecule has 1 aromatic rings. The topological polar surface area (TPSA) is 20.3 Å². The van der Waals surface area contributed by atoms with E-state index in [1.54, 1.807) is 11.8 Å². The van der Waals surface area contributed by atoms with E-state index >= 15 is 0 Å². The normalized spacial score (nSPS) is 15.4. The van der Waals surface area contributed by atoms with Gasteiger partial charge in [-0.1, -0.05) is 30.3 Å². The number of thioether (sulfide) groups is 1. The SMILES string of the molecule is O=C(CSCc1ccccc1)N1CCCC1. The van der Waals surface area contributed by atoms with Crippen molar-refractivity contribution in [2.45, 2.75) is 18.6 Å². The molecule has 0 aromatic heterocycles. The molecule has 0 radical (unpaired) electrons. The number of carbonyl (C=O) groups excluding carboxylic acids is 1. The van der Waals surface area contributed by atoms with E-state index in [4.69, 9.17) is 0 Å². The van der Waals surface area contributed by atoms with Gasteiger partial charge in [0.15, 0.2) is 0 Å². The first-order chi connectivity index (χ1) is 7.86. The molecular weight excluding hydrogens is 218 g/mol. The Hall–Kier alpha value is -0.960. The Morgan fingerprint density at radius 3 is 2.56 bits per heavy atom. The van der Waals surface area contributed by atoms with Gasteiger partial charge in [-0.2, -0.15) is 0 Å². The highest BCUT2D eigenvalue weighted by Gasteiger charge is 2.17. The first kappa shape index (κ1) is 11.5. The summed E-state index contributed by atoms with van der Waals surface area (Å²) in [6, 6.07) is 10.3. The monoisotopic (exact) mass is 235 g/mol. The second kappa shape index (κ2) is 5.94. The quantitative estimate of drug-likeness (QED) is 0.799. The highest BCUT2D eigenvalue weighted by atomic mass is 32.2. The fourth-order valence-corrected chi connectivity index (χ4v) is 2.78. The molecule has 3 heteroatoms. The van der Waals surface area contributed by atoms with E-state index in [1.165, 1.54) is 18.4 Å². The minimum Gasteiger partial charge on any atom is -0.342 e. The van der Waals surface area contributed by atoms with Crippen LogP contribution in [0.25, 0.3) is 0 Å². The molecule has 1 amide bonds. The average molecular weight is 235 g/mol. The minimum absolute atomic E-state index is 0.304. The number of hydrogen-bond acceptors (Lipinski definition) is 2. The summed E-state index contributed by atoms with van der Waals surface area (Å²) < 4.78 is 0. The summed E-state index contributed by atoms with van der Waals surface area (Å²) in [6.45, 7) is 1.93. The van der Waals surface area contributed by atoms with Crippen LogP contribution in [-0.2, 0) is 10.5 Å². The van der Waals surface area contributed by atoms with Gasteiger partial charge in [0.2, 0.25) is 5.91 Å². The molecule has 1 saturated heterocycles. The van der Waals surface area contributed by atoms with Crippen LogP contribution in [0.1, 0.15) is 18.4 Å². The summed E-state index contributed by atoms with van der Waals surface area (Å²) in [5.41, 5.74) is 1.29. The van der Waals surface area contributed by atoms with Crippen molar-refractivity contribution in [2.75, 3.05) is 18.8 Å². The van der Waals surface area contributed by atoms with Crippen LogP contribution >= 0.6 is 11.8 Å². The van der Waals surface area contributed by atoms with Gasteiger partial charge in [0.05, 0.1) is 5.75 Å². The van der Waals surface area contributed by atoms with E-state index in [2.05, 4.69) is 12.1 Å². The van der Waals surface area contributed by atoms with Crippen LogP contribution < -0.4 is 0 Å². The first-order valence-corrected chi connectivity index (χ1v) is 6.91. The predicted octanol–water partition coefficient (Wildman–Crippen LogP) is 2.54. The third kappa shape index (κ3) is 3.27. The molecule has 2 nitrogen and oxygen atoms in total. The maximum Gasteiger partial charge on any atom is 0.232 e. The van der Waals surface area contributed by atoms with Gasteiger partial charge in [-0.15, -0.1) is 11.8 Å². The molecule has 1 heterocycles. The molecule has 16 heavy (non-hydrogen) atoms. The molecule has 0 unspecified atom stereocenters. The first-order valence-electron chi connectivity index (χ1n) is 5.76. The summed E-state index contributed by atoms with van der Waals surface area (Å²) >= 11 is 1.71. The predicted molar refractivity (Wildman–Crippen MR) is 68.4 cm³/mol. The Morgan fingerprint density at radius 2 is 1.88 bits per heavy atom. The van der Waals surface area contributed by atoms with Gasteiger partial charge in [-0.05, 0) is 18.4 Å². The Balaban J connectivity index is 1.70. The third-order valence-electron chi connectivity index (χ3n) is 2.80. The molecule has 1 aromatic carbocycles. The lowest BCUT2D eigenvalue weighted by Crippen LogP contribution is -2.29. The molecule has 0 atom stereocenters. The number of rotatable bonds is 4. The van der Waals surface area contributed by atoms with Crippen LogP contribution in [0, 0.1) is 0 Å². The minimum atomic E-state index is 0.304. The van der Waals surface area contributed by atoms with Crippen molar-refractivity contribution in [1.82, 2.24) is 4.90 Å². The molecule has 86 valence electrons. The lowest BCUT2D eigenvalue weighted by molar-refractivity contribution is -0.127. The largest absolute Gasteiger partial charge is 0.342 e. The Bertz CT molecular complexity index is 333. The Labute approximate surface area is 101 Å². The van der Waals surface area contributed by atoms with Crippen LogP contribution in [0.5, 0.6) is 0 Å². The van der Waals surface area contributed by atoms with Gasteiger partial charge in [-0.25, -0.2) is 0 Å². The zero-order chi connectivity index (χ0) is 11.2. The standard InChI is InChI=1S/C13H17NOS/c15-13(14-8-4-5-9-14)11-16-10-12-6-2-1-3-7-12/h1-3,6-7H,4-5,8-11H2. The summed E-state index contributed by atoms with van der Waals surface area (Å²) in [7, 11) is 0. The van der Waals surface area contributed by atoms with Crippen molar-refractivity contribution < 1.29 is 4.79 Å². The van der Waals surface area contributed by atoms with E-state index in [-0.39, 0.29) is 0 Å². The van der Waals surface area contributed by atoms with Crippen molar-refractivity contribution in [3.8, 4) is 0 Å². The average Bonchev–Trinajstić information content (AvgIpc) is 2.84. The van der Waals surface area contributed by atoms with Gasteiger partial charge in [0, 0.05) is 18.8 Å². The van der Waals surface area contributed by atoms with Crippen LogP contribution in [0.3, 0.4) is 0 Å². The number of carbonyl (C=O) groups is 1. The summed E-state index contributed by atoms with van der Waals surface area (Å²) in [5, 5.41) is 0. The number of nitrogens with zero attached hydrogens (tertiary/aromatic N) is 1. The number of likely N-dealkylation sites (tertiary alicyclic amines) is 1. The zero-order valence-corrected chi connectivity index (χ0v) is 10.2. The lowest BCUT2D eigenvalue weighted by Gasteiger charge is -2.14. The van der Waals surface area contributed by atoms with Crippen LogP contribution in [-0.4, -0.2) is 29.6 Å². The molecule has 1 fully saturated rings. The molecule has 0 spiro atoms. The van der Waals surface area contributed by atoms with E-state index in [0.717, 1.165) is 18.8 Å². The highest BCUT2D eigenvalue weighted by Crippen LogP contribution is 2.14. The smallest absolute Gasteiger partial charge is 0.232 e. The van der Waals surface area contributed by atoms with Gasteiger partial charge in [0.25, 0.3) is 0 Å². The summed E-state index contributed by atoms with van der Waals surface area (Å²) in [6.07, 6.45) is 2.35. The fourth-order valence-electron chi connectivity index (χ4n) is 1.89. The number of hydrogen-bond donors (Lipinski definition) is 0. The van der Waals surface area contributed by atoms with Crippen molar-refractivity contribution in [2.24, 2.45) is 0 Å². The zero-order valence-electron chi connectivity index (χ0n) is 9.39. The van der Waals surface area contributed by atoms with Crippen molar-refractivity contribution in [3.63, 3.8) is 0 Å². The van der Waals surface area contributed by atoms with Crippen molar-refractivity contribution in [1.29, 1.82) is 0 Å². The van der Waals surface area contributed by atoms with E-state index < -0.39 is 0 Å². The number of amides is 1. The second-order valence-corrected chi connectivity index (χ2v) is 5.05. The molecule has 0 saturated carbocycles. The molecule has 0 aliphatic carbocycles. The second-order valence-electron chi connectivity index (χ2n) is 4.07. The van der Waals surface area contributed by atoms with Crippen LogP contribution in [0.15, 0.2) is 30.3 Å². The van der Waals surface area contributed by atoms with Crippen molar-refractivity contribution >= 4 is 17.7 Å². The Morgan fingerprint density at radius 1 is 1.19 bits per heavy atom. The van der Waals surface area contributed by atoms with Crippen LogP contribution in [0.2, 0.25) is 0 Å². The lowest BCUT2D eigenvalue weighted by atomic mass is 10.2. The van der Waals surface area contributed by atoms with Gasteiger partial charge in [-0.3, -0.25) is 4.79 Å². The van der Waals surface area contributed by atoms with Gasteiger partial charge >= 0.3 is 0 Å². The van der Waals surface area contributed by atoms with Crippen LogP contribution in [0.4, 0.5) is 0 Å². The molecule has 1 aliphatic heterocycles. The van der Waals surface area contributed by atoms with E-state index in [9.17, 15) is 4.79 Å². The van der Waals surface area contributed by atoms with Gasteiger partial charge in [0.1, 0.15) is 0 Å². The maximum absolute atomic E-state index is 11.7. The molecule has 0 bridgehead atoms. The highest BCUT2D eigenvalue weighted by molar-refractivity contribution is 7.99. The summed E-state index contributed by atoms with van der Waals surface area (Å²) in [5.74, 6) is 1.86. The number of benzene rings is 1. The van der Waals surface area contributed by atoms with Crippen molar-refractivity contribution in [3.05, 3.63) is 35.9 Å². The molecule has 1 aliphatic rings. The Kier molecular flexibility index (Phi) is 4.28. The van der Waals surface area contributed by atoms with E-state index in [0.29, 0.717) is 11.7 Å². The van der Waals surface area contributed by atoms with Gasteiger partial charge < -0.3 is 4.90 Å². The third-order valence-corrected chi connectivity index (χ3v) is 3.78. The molecule has 0 N–H and O–H groups in total. The fraction of sp³-hybridized carbons (Fsp3) is 0.462. The van der Waals surface area contributed by atoms with E-state index in [1.807, 2.05) is 23.1 Å². The maximum atomic E-state index is 11.7. The summed E-state index contributed by atoms with van der Waals surface area (Å²) in [4.78, 5) is 13.7. The molecule has 2 rings (SSSR count).